The summed E-state index contributed by atoms with van der Waals surface area (Å²) in [7, 11) is 2.87. The molecule has 0 aliphatic rings. The van der Waals surface area contributed by atoms with E-state index in [1.807, 2.05) is 0 Å². The standard InChI is InChI=1S/C15H12ClFO3/c1-19-9-6-7-10(11(16)8-9)15(18)14-12(17)4-3-5-13(14)20-2/h3-8H,1-2H3. The van der Waals surface area contributed by atoms with Gasteiger partial charge in [0.05, 0.1) is 19.2 Å². The fraction of sp³-hybridized carbons (Fsp3) is 0.133. The van der Waals surface area contributed by atoms with Crippen LogP contribution in [0.1, 0.15) is 15.9 Å². The number of halogens is 2. The van der Waals surface area contributed by atoms with Gasteiger partial charge in [0, 0.05) is 5.56 Å². The zero-order valence-electron chi connectivity index (χ0n) is 10.9. The molecule has 0 aromatic heterocycles. The molecule has 0 saturated heterocycles. The number of hydrogen-bond donors (Lipinski definition) is 0. The number of carbonyl (C=O) groups excluding carboxylic acids is 1. The summed E-state index contributed by atoms with van der Waals surface area (Å²) in [5.74, 6) is -0.497. The van der Waals surface area contributed by atoms with Gasteiger partial charge in [-0.05, 0) is 30.3 Å². The first kappa shape index (κ1) is 14.3. The van der Waals surface area contributed by atoms with Crippen LogP contribution in [-0.4, -0.2) is 20.0 Å². The molecule has 20 heavy (non-hydrogen) atoms. The molecule has 0 N–H and O–H groups in total. The van der Waals surface area contributed by atoms with Crippen molar-refractivity contribution < 1.29 is 18.7 Å². The van der Waals surface area contributed by atoms with E-state index in [1.54, 1.807) is 6.07 Å². The highest BCUT2D eigenvalue weighted by molar-refractivity contribution is 6.35. The lowest BCUT2D eigenvalue weighted by Gasteiger charge is -2.10. The van der Waals surface area contributed by atoms with Crippen LogP contribution in [0.2, 0.25) is 5.02 Å². The maximum Gasteiger partial charge on any atom is 0.201 e. The van der Waals surface area contributed by atoms with Crippen molar-refractivity contribution in [2.45, 2.75) is 0 Å². The van der Waals surface area contributed by atoms with Crippen LogP contribution in [0, 0.1) is 5.82 Å². The molecule has 0 radical (unpaired) electrons. The highest BCUT2D eigenvalue weighted by Gasteiger charge is 2.21. The molecule has 2 aromatic rings. The molecule has 0 bridgehead atoms. The van der Waals surface area contributed by atoms with Gasteiger partial charge in [-0.3, -0.25) is 4.79 Å². The number of carbonyl (C=O) groups is 1. The van der Waals surface area contributed by atoms with Gasteiger partial charge in [-0.2, -0.15) is 0 Å². The van der Waals surface area contributed by atoms with E-state index in [-0.39, 0.29) is 21.9 Å². The van der Waals surface area contributed by atoms with E-state index >= 15 is 0 Å². The summed E-state index contributed by atoms with van der Waals surface area (Å²) in [5.41, 5.74) is 0.0536. The maximum absolute atomic E-state index is 13.9. The smallest absolute Gasteiger partial charge is 0.201 e. The molecular formula is C15H12ClFO3. The van der Waals surface area contributed by atoms with Gasteiger partial charge in [0.25, 0.3) is 0 Å². The Morgan fingerprint density at radius 1 is 1.15 bits per heavy atom. The Labute approximate surface area is 120 Å². The highest BCUT2D eigenvalue weighted by Crippen LogP contribution is 2.29. The van der Waals surface area contributed by atoms with Gasteiger partial charge in [-0.1, -0.05) is 17.7 Å². The van der Waals surface area contributed by atoms with Crippen molar-refractivity contribution in [2.75, 3.05) is 14.2 Å². The molecule has 0 fully saturated rings. The summed E-state index contributed by atoms with van der Waals surface area (Å²) in [5, 5.41) is 0.194. The molecule has 5 heteroatoms. The SMILES string of the molecule is COc1ccc(C(=O)c2c(F)cccc2OC)c(Cl)c1. The third-order valence-electron chi connectivity index (χ3n) is 2.84. The zero-order chi connectivity index (χ0) is 14.7. The summed E-state index contributed by atoms with van der Waals surface area (Å²) in [4.78, 5) is 12.4. The second-order valence-electron chi connectivity index (χ2n) is 3.99. The normalized spacial score (nSPS) is 10.2. The van der Waals surface area contributed by atoms with Gasteiger partial charge in [-0.25, -0.2) is 4.39 Å². The first-order chi connectivity index (χ1) is 9.58. The van der Waals surface area contributed by atoms with Crippen LogP contribution in [0.4, 0.5) is 4.39 Å². The first-order valence-electron chi connectivity index (χ1n) is 5.79. The lowest BCUT2D eigenvalue weighted by atomic mass is 10.0. The van der Waals surface area contributed by atoms with Crippen molar-refractivity contribution in [3.63, 3.8) is 0 Å². The summed E-state index contributed by atoms with van der Waals surface area (Å²) >= 11 is 6.04. The molecule has 0 unspecified atom stereocenters. The molecule has 0 aliphatic carbocycles. The number of methoxy groups -OCH3 is 2. The Morgan fingerprint density at radius 2 is 1.90 bits per heavy atom. The summed E-state index contributed by atoms with van der Waals surface area (Å²) in [6, 6.07) is 8.78. The first-order valence-corrected chi connectivity index (χ1v) is 6.17. The monoisotopic (exact) mass is 294 g/mol. The number of hydrogen-bond acceptors (Lipinski definition) is 3. The third-order valence-corrected chi connectivity index (χ3v) is 3.16. The maximum atomic E-state index is 13.9. The molecule has 0 spiro atoms. The van der Waals surface area contributed by atoms with Crippen LogP contribution in [0.25, 0.3) is 0 Å². The predicted molar refractivity (Wildman–Crippen MR) is 74.4 cm³/mol. The largest absolute Gasteiger partial charge is 0.497 e. The van der Waals surface area contributed by atoms with Crippen molar-refractivity contribution in [3.05, 3.63) is 58.4 Å². The van der Waals surface area contributed by atoms with E-state index in [0.29, 0.717) is 5.75 Å². The van der Waals surface area contributed by atoms with E-state index < -0.39 is 11.6 Å². The molecule has 2 aromatic carbocycles. The Kier molecular flexibility index (Phi) is 4.25. The van der Waals surface area contributed by atoms with E-state index in [4.69, 9.17) is 21.1 Å². The molecule has 2 rings (SSSR count). The second kappa shape index (κ2) is 5.92. The van der Waals surface area contributed by atoms with Crippen molar-refractivity contribution in [2.24, 2.45) is 0 Å². The van der Waals surface area contributed by atoms with E-state index in [1.165, 1.54) is 44.6 Å². The lowest BCUT2D eigenvalue weighted by molar-refractivity contribution is 0.103. The predicted octanol–water partition coefficient (Wildman–Crippen LogP) is 3.73. The Balaban J connectivity index is 2.52. The van der Waals surface area contributed by atoms with E-state index in [2.05, 4.69) is 0 Å². The summed E-state index contributed by atoms with van der Waals surface area (Å²) in [6.45, 7) is 0. The van der Waals surface area contributed by atoms with Crippen molar-refractivity contribution in [1.29, 1.82) is 0 Å². The van der Waals surface area contributed by atoms with Crippen molar-refractivity contribution >= 4 is 17.4 Å². The van der Waals surface area contributed by atoms with Gasteiger partial charge in [-0.15, -0.1) is 0 Å². The van der Waals surface area contributed by atoms with Crippen LogP contribution < -0.4 is 9.47 Å². The fourth-order valence-electron chi connectivity index (χ4n) is 1.84. The Hall–Kier alpha value is -2.07. The third kappa shape index (κ3) is 2.60. The molecule has 104 valence electrons. The number of ether oxygens (including phenoxy) is 2. The average Bonchev–Trinajstić information content (AvgIpc) is 2.46. The van der Waals surface area contributed by atoms with Gasteiger partial charge in [0.1, 0.15) is 22.9 Å². The van der Waals surface area contributed by atoms with Gasteiger partial charge in [0.15, 0.2) is 0 Å². The van der Waals surface area contributed by atoms with Crippen molar-refractivity contribution in [1.82, 2.24) is 0 Å². The minimum atomic E-state index is -0.652. The van der Waals surface area contributed by atoms with Crippen LogP contribution in [-0.2, 0) is 0 Å². The van der Waals surface area contributed by atoms with Crippen LogP contribution in [0.5, 0.6) is 11.5 Å². The fourth-order valence-corrected chi connectivity index (χ4v) is 2.09. The van der Waals surface area contributed by atoms with Gasteiger partial charge < -0.3 is 9.47 Å². The quantitative estimate of drug-likeness (QED) is 0.806. The number of rotatable bonds is 4. The molecule has 0 amide bonds. The van der Waals surface area contributed by atoms with Crippen LogP contribution in [0.15, 0.2) is 36.4 Å². The topological polar surface area (TPSA) is 35.5 Å². The number of ketones is 1. The Morgan fingerprint density at radius 3 is 2.50 bits per heavy atom. The molecule has 3 nitrogen and oxygen atoms in total. The average molecular weight is 295 g/mol. The zero-order valence-corrected chi connectivity index (χ0v) is 11.7. The molecule has 0 aliphatic heterocycles. The Bertz CT molecular complexity index is 656. The summed E-state index contributed by atoms with van der Waals surface area (Å²) < 4.78 is 23.9. The highest BCUT2D eigenvalue weighted by atomic mass is 35.5. The molecule has 0 atom stereocenters. The minimum absolute atomic E-state index is 0.137. The van der Waals surface area contributed by atoms with Crippen LogP contribution >= 0.6 is 11.6 Å². The molecular weight excluding hydrogens is 283 g/mol. The molecule has 0 saturated carbocycles. The van der Waals surface area contributed by atoms with Gasteiger partial charge >= 0.3 is 0 Å². The summed E-state index contributed by atoms with van der Waals surface area (Å²) in [6.07, 6.45) is 0. The second-order valence-corrected chi connectivity index (χ2v) is 4.40. The van der Waals surface area contributed by atoms with Crippen molar-refractivity contribution in [3.8, 4) is 11.5 Å². The van der Waals surface area contributed by atoms with E-state index in [0.717, 1.165) is 0 Å². The number of benzene rings is 2. The van der Waals surface area contributed by atoms with E-state index in [9.17, 15) is 9.18 Å². The minimum Gasteiger partial charge on any atom is -0.497 e. The molecule has 0 heterocycles. The van der Waals surface area contributed by atoms with Gasteiger partial charge in [0.2, 0.25) is 5.78 Å². The lowest BCUT2D eigenvalue weighted by Crippen LogP contribution is -2.07. The van der Waals surface area contributed by atoms with Crippen LogP contribution in [0.3, 0.4) is 0 Å².